The number of carbonyl (C=O) groups is 1. The molecular weight excluding hydrogens is 353 g/mol. The highest BCUT2D eigenvalue weighted by atomic mass is 19.1. The molecule has 0 amide bonds. The fourth-order valence-electron chi connectivity index (χ4n) is 3.68. The first-order valence-electron chi connectivity index (χ1n) is 8.76. The van der Waals surface area contributed by atoms with Gasteiger partial charge in [-0.15, -0.1) is 0 Å². The van der Waals surface area contributed by atoms with Crippen molar-refractivity contribution >= 4 is 17.4 Å². The minimum absolute atomic E-state index is 0.0821. The van der Waals surface area contributed by atoms with E-state index in [1.54, 1.807) is 12.3 Å². The third-order valence-corrected chi connectivity index (χ3v) is 4.89. The molecule has 2 N–H and O–H groups in total. The molecule has 0 aliphatic carbocycles. The quantitative estimate of drug-likeness (QED) is 0.728. The van der Waals surface area contributed by atoms with Gasteiger partial charge in [-0.25, -0.2) is 18.7 Å². The van der Waals surface area contributed by atoms with Gasteiger partial charge < -0.3 is 15.0 Å². The van der Waals surface area contributed by atoms with Gasteiger partial charge in [0.1, 0.15) is 17.2 Å². The van der Waals surface area contributed by atoms with E-state index in [1.807, 2.05) is 11.8 Å². The van der Waals surface area contributed by atoms with Crippen LogP contribution in [0.1, 0.15) is 47.4 Å². The fourth-order valence-corrected chi connectivity index (χ4v) is 3.68. The number of aromatic carboxylic acids is 1. The summed E-state index contributed by atoms with van der Waals surface area (Å²) in [6.45, 7) is 2.48. The first-order chi connectivity index (χ1) is 13.0. The minimum Gasteiger partial charge on any atom is -0.477 e. The molecule has 0 radical (unpaired) electrons. The summed E-state index contributed by atoms with van der Waals surface area (Å²) in [6, 6.07) is 2.66. The number of nitrogens with zero attached hydrogens (tertiary/aromatic N) is 4. The number of carboxylic acids is 1. The van der Waals surface area contributed by atoms with Gasteiger partial charge in [0.25, 0.3) is 5.56 Å². The Bertz CT molecular complexity index is 1090. The highest BCUT2D eigenvalue weighted by Crippen LogP contribution is 2.34. The summed E-state index contributed by atoms with van der Waals surface area (Å²) in [6.07, 6.45) is 4.68. The van der Waals surface area contributed by atoms with E-state index in [0.29, 0.717) is 36.5 Å². The lowest BCUT2D eigenvalue weighted by molar-refractivity contribution is 0.0697. The van der Waals surface area contributed by atoms with Crippen LogP contribution in [0.5, 0.6) is 0 Å². The number of hydrogen-bond donors (Lipinski definition) is 2. The molecule has 1 unspecified atom stereocenters. The Balaban J connectivity index is 1.81. The van der Waals surface area contributed by atoms with Crippen LogP contribution in [-0.2, 0) is 6.42 Å². The van der Waals surface area contributed by atoms with Crippen LogP contribution in [0.3, 0.4) is 0 Å². The van der Waals surface area contributed by atoms with E-state index in [-0.39, 0.29) is 22.8 Å². The standard InChI is InChI=1S/C18H18FN5O3/c1-2-12-15(18(26)27)16-21-14(5-7-24(16)22-12)23-6-3-4-13(23)11-8-10(19)9-20-17(11)25/h5,7-9,13H,2-4,6H2,1H3,(H,20,25)(H,26,27). The molecule has 27 heavy (non-hydrogen) atoms. The summed E-state index contributed by atoms with van der Waals surface area (Å²) < 4.78 is 15.1. The number of pyridine rings is 1. The smallest absolute Gasteiger partial charge is 0.341 e. The number of halogens is 1. The largest absolute Gasteiger partial charge is 0.477 e. The number of H-pyrrole nitrogens is 1. The molecule has 0 spiro atoms. The molecule has 4 rings (SSSR count). The molecule has 1 atom stereocenters. The van der Waals surface area contributed by atoms with Gasteiger partial charge in [-0.05, 0) is 31.4 Å². The van der Waals surface area contributed by atoms with E-state index in [1.165, 1.54) is 10.6 Å². The highest BCUT2D eigenvalue weighted by molar-refractivity contribution is 5.96. The minimum atomic E-state index is -1.08. The molecule has 1 fully saturated rings. The second kappa shape index (κ2) is 6.49. The SMILES string of the molecule is CCc1nn2ccc(N3CCCC3c3cc(F)c[nH]c3=O)nc2c1C(=O)O. The van der Waals surface area contributed by atoms with Crippen LogP contribution in [0.25, 0.3) is 5.65 Å². The summed E-state index contributed by atoms with van der Waals surface area (Å²) in [5, 5.41) is 13.8. The maximum Gasteiger partial charge on any atom is 0.341 e. The number of aromatic nitrogens is 4. The lowest BCUT2D eigenvalue weighted by Gasteiger charge is -2.25. The number of fused-ring (bicyclic) bond motifs is 1. The lowest BCUT2D eigenvalue weighted by atomic mass is 10.1. The summed E-state index contributed by atoms with van der Waals surface area (Å²) in [7, 11) is 0. The maximum absolute atomic E-state index is 13.6. The maximum atomic E-state index is 13.6. The average molecular weight is 371 g/mol. The second-order valence-corrected chi connectivity index (χ2v) is 6.49. The monoisotopic (exact) mass is 371 g/mol. The van der Waals surface area contributed by atoms with Crippen molar-refractivity contribution in [3.63, 3.8) is 0 Å². The Morgan fingerprint density at radius 2 is 2.30 bits per heavy atom. The van der Waals surface area contributed by atoms with Crippen molar-refractivity contribution in [2.45, 2.75) is 32.2 Å². The number of hydrogen-bond acceptors (Lipinski definition) is 5. The molecule has 8 nitrogen and oxygen atoms in total. The van der Waals surface area contributed by atoms with Crippen molar-refractivity contribution in [2.24, 2.45) is 0 Å². The number of aryl methyl sites for hydroxylation is 1. The van der Waals surface area contributed by atoms with Crippen molar-refractivity contribution in [3.8, 4) is 0 Å². The molecule has 1 aliphatic rings. The molecule has 0 aromatic carbocycles. The molecule has 140 valence electrons. The van der Waals surface area contributed by atoms with Gasteiger partial charge in [0.05, 0.1) is 11.7 Å². The topological polar surface area (TPSA) is 104 Å². The zero-order valence-electron chi connectivity index (χ0n) is 14.6. The summed E-state index contributed by atoms with van der Waals surface area (Å²) in [4.78, 5) is 32.7. The van der Waals surface area contributed by atoms with E-state index >= 15 is 0 Å². The number of aromatic amines is 1. The molecule has 0 bridgehead atoms. The van der Waals surface area contributed by atoms with Crippen LogP contribution in [0.4, 0.5) is 10.2 Å². The van der Waals surface area contributed by atoms with E-state index in [9.17, 15) is 19.1 Å². The normalized spacial score (nSPS) is 17.0. The molecule has 4 heterocycles. The van der Waals surface area contributed by atoms with E-state index < -0.39 is 11.8 Å². The van der Waals surface area contributed by atoms with Gasteiger partial charge in [0.15, 0.2) is 5.65 Å². The zero-order chi connectivity index (χ0) is 19.1. The van der Waals surface area contributed by atoms with E-state index in [2.05, 4.69) is 15.1 Å². The van der Waals surface area contributed by atoms with Crippen LogP contribution in [0.15, 0.2) is 29.3 Å². The highest BCUT2D eigenvalue weighted by Gasteiger charge is 2.30. The molecule has 3 aromatic rings. The number of nitrogens with one attached hydrogen (secondary N) is 1. The first kappa shape index (κ1) is 17.2. The Labute approximate surface area is 153 Å². The van der Waals surface area contributed by atoms with Crippen LogP contribution < -0.4 is 10.5 Å². The van der Waals surface area contributed by atoms with Crippen molar-refractivity contribution in [1.82, 2.24) is 19.6 Å². The predicted octanol–water partition coefficient (Wildman–Crippen LogP) is 2.16. The van der Waals surface area contributed by atoms with Gasteiger partial charge in [0.2, 0.25) is 0 Å². The molecule has 1 saturated heterocycles. The molecular formula is C18H18FN5O3. The molecule has 9 heteroatoms. The Morgan fingerprint density at radius 1 is 1.48 bits per heavy atom. The van der Waals surface area contributed by atoms with Crippen molar-refractivity contribution < 1.29 is 14.3 Å². The van der Waals surface area contributed by atoms with Gasteiger partial charge >= 0.3 is 5.97 Å². The van der Waals surface area contributed by atoms with Gasteiger partial charge in [-0.3, -0.25) is 4.79 Å². The number of rotatable bonds is 4. The van der Waals surface area contributed by atoms with Gasteiger partial charge in [-0.2, -0.15) is 5.10 Å². The fraction of sp³-hybridized carbons (Fsp3) is 0.333. The van der Waals surface area contributed by atoms with Crippen LogP contribution in [0.2, 0.25) is 0 Å². The van der Waals surface area contributed by atoms with Gasteiger partial charge in [-0.1, -0.05) is 6.92 Å². The Kier molecular flexibility index (Phi) is 4.14. The second-order valence-electron chi connectivity index (χ2n) is 6.49. The molecule has 3 aromatic heterocycles. The first-order valence-corrected chi connectivity index (χ1v) is 8.76. The summed E-state index contributed by atoms with van der Waals surface area (Å²) in [5.41, 5.74) is 0.814. The third kappa shape index (κ3) is 2.84. The van der Waals surface area contributed by atoms with Crippen molar-refractivity contribution in [2.75, 3.05) is 11.4 Å². The van der Waals surface area contributed by atoms with Gasteiger partial charge in [0, 0.05) is 24.5 Å². The Morgan fingerprint density at radius 3 is 3.04 bits per heavy atom. The number of anilines is 1. The molecule has 0 saturated carbocycles. The lowest BCUT2D eigenvalue weighted by Crippen LogP contribution is -2.28. The van der Waals surface area contributed by atoms with Crippen LogP contribution in [0, 0.1) is 5.82 Å². The summed E-state index contributed by atoms with van der Waals surface area (Å²) in [5.74, 6) is -1.04. The van der Waals surface area contributed by atoms with Crippen molar-refractivity contribution in [3.05, 3.63) is 57.5 Å². The zero-order valence-corrected chi connectivity index (χ0v) is 14.6. The van der Waals surface area contributed by atoms with Crippen molar-refractivity contribution in [1.29, 1.82) is 0 Å². The Hall–Kier alpha value is -3.23. The molecule has 1 aliphatic heterocycles. The summed E-state index contributed by atoms with van der Waals surface area (Å²) >= 11 is 0. The average Bonchev–Trinajstić information content (AvgIpc) is 3.27. The van der Waals surface area contributed by atoms with Crippen LogP contribution >= 0.6 is 0 Å². The predicted molar refractivity (Wildman–Crippen MR) is 95.7 cm³/mol. The number of carboxylic acid groups (broad SMARTS) is 1. The third-order valence-electron chi connectivity index (χ3n) is 4.89. The van der Waals surface area contributed by atoms with Crippen LogP contribution in [-0.4, -0.2) is 37.2 Å². The van der Waals surface area contributed by atoms with E-state index in [4.69, 9.17) is 0 Å². The van der Waals surface area contributed by atoms with E-state index in [0.717, 1.165) is 12.6 Å².